The molecule has 6 heteroatoms. The first-order valence-corrected chi connectivity index (χ1v) is 8.44. The van der Waals surface area contributed by atoms with Crippen molar-refractivity contribution in [2.45, 2.75) is 31.9 Å². The molecule has 0 radical (unpaired) electrons. The summed E-state index contributed by atoms with van der Waals surface area (Å²) in [6.45, 7) is 1.63. The van der Waals surface area contributed by atoms with E-state index in [1.54, 1.807) is 55.5 Å². The van der Waals surface area contributed by atoms with Crippen LogP contribution in [0.2, 0.25) is 0 Å². The topological polar surface area (TPSA) is 91.2 Å². The van der Waals surface area contributed by atoms with Gasteiger partial charge in [0, 0.05) is 6.04 Å². The number of nitriles is 1. The standard InChI is InChI=1S/C20H19N3O3/c1-13(26-16-10-6-14(12-21)7-11-16)19(24)23-18-5-3-2-4-17(18)20(25)22-15-8-9-15/h2-7,10-11,13,15H,8-9H2,1H3,(H,22,25)(H,23,24). The maximum atomic E-state index is 12.4. The molecular weight excluding hydrogens is 330 g/mol. The highest BCUT2D eigenvalue weighted by atomic mass is 16.5. The molecular formula is C20H19N3O3. The zero-order valence-electron chi connectivity index (χ0n) is 14.4. The number of nitrogens with one attached hydrogen (secondary N) is 2. The lowest BCUT2D eigenvalue weighted by Crippen LogP contribution is -2.32. The molecule has 2 aromatic carbocycles. The molecule has 6 nitrogen and oxygen atoms in total. The molecule has 1 aliphatic rings. The molecule has 132 valence electrons. The van der Waals surface area contributed by atoms with Gasteiger partial charge in [-0.2, -0.15) is 5.26 Å². The Balaban J connectivity index is 1.65. The van der Waals surface area contributed by atoms with Gasteiger partial charge in [-0.1, -0.05) is 12.1 Å². The summed E-state index contributed by atoms with van der Waals surface area (Å²) in [4.78, 5) is 24.7. The van der Waals surface area contributed by atoms with Gasteiger partial charge < -0.3 is 15.4 Å². The average Bonchev–Trinajstić information content (AvgIpc) is 3.46. The molecule has 1 saturated carbocycles. The second-order valence-electron chi connectivity index (χ2n) is 6.18. The van der Waals surface area contributed by atoms with Crippen LogP contribution in [-0.4, -0.2) is 24.0 Å². The van der Waals surface area contributed by atoms with Gasteiger partial charge in [-0.25, -0.2) is 0 Å². The monoisotopic (exact) mass is 349 g/mol. The lowest BCUT2D eigenvalue weighted by atomic mass is 10.1. The van der Waals surface area contributed by atoms with E-state index in [0.717, 1.165) is 12.8 Å². The molecule has 0 aliphatic heterocycles. The largest absolute Gasteiger partial charge is 0.481 e. The zero-order valence-corrected chi connectivity index (χ0v) is 14.4. The number of benzene rings is 2. The molecule has 2 N–H and O–H groups in total. The van der Waals surface area contributed by atoms with Gasteiger partial charge in [0.15, 0.2) is 6.10 Å². The first-order valence-electron chi connectivity index (χ1n) is 8.44. The number of anilines is 1. The molecule has 0 saturated heterocycles. The van der Waals surface area contributed by atoms with Crippen molar-refractivity contribution in [3.05, 3.63) is 59.7 Å². The molecule has 0 bridgehead atoms. The molecule has 26 heavy (non-hydrogen) atoms. The number of carbonyl (C=O) groups excluding carboxylic acids is 2. The van der Waals surface area contributed by atoms with E-state index in [0.29, 0.717) is 22.6 Å². The Morgan fingerprint density at radius 2 is 1.85 bits per heavy atom. The van der Waals surface area contributed by atoms with Crippen LogP contribution < -0.4 is 15.4 Å². The van der Waals surface area contributed by atoms with E-state index in [1.165, 1.54) is 0 Å². The summed E-state index contributed by atoms with van der Waals surface area (Å²) in [5.74, 6) is -0.0588. The van der Waals surface area contributed by atoms with Gasteiger partial charge in [-0.05, 0) is 56.2 Å². The highest BCUT2D eigenvalue weighted by molar-refractivity contribution is 6.04. The molecule has 0 aromatic heterocycles. The number of nitrogens with zero attached hydrogens (tertiary/aromatic N) is 1. The molecule has 2 amide bonds. The molecule has 3 rings (SSSR count). The number of ether oxygens (including phenoxy) is 1. The van der Waals surface area contributed by atoms with Crippen molar-refractivity contribution in [3.63, 3.8) is 0 Å². The minimum atomic E-state index is -0.762. The van der Waals surface area contributed by atoms with Crippen molar-refractivity contribution < 1.29 is 14.3 Å². The highest BCUT2D eigenvalue weighted by Gasteiger charge is 2.25. The fourth-order valence-corrected chi connectivity index (χ4v) is 2.38. The van der Waals surface area contributed by atoms with Gasteiger partial charge in [0.2, 0.25) is 0 Å². The third-order valence-corrected chi connectivity index (χ3v) is 4.01. The summed E-state index contributed by atoms with van der Waals surface area (Å²) in [6, 6.07) is 15.7. The summed E-state index contributed by atoms with van der Waals surface area (Å²) in [6.07, 6.45) is 1.23. The van der Waals surface area contributed by atoms with Crippen molar-refractivity contribution in [2.75, 3.05) is 5.32 Å². The predicted octanol–water partition coefficient (Wildman–Crippen LogP) is 2.86. The maximum absolute atomic E-state index is 12.4. The molecule has 1 unspecified atom stereocenters. The average molecular weight is 349 g/mol. The van der Waals surface area contributed by atoms with Crippen molar-refractivity contribution >= 4 is 17.5 Å². The van der Waals surface area contributed by atoms with Gasteiger partial charge in [0.1, 0.15) is 5.75 Å². The quantitative estimate of drug-likeness (QED) is 0.839. The van der Waals surface area contributed by atoms with E-state index in [4.69, 9.17) is 10.00 Å². The number of amides is 2. The van der Waals surface area contributed by atoms with E-state index in [2.05, 4.69) is 10.6 Å². The van der Waals surface area contributed by atoms with Crippen LogP contribution in [0.15, 0.2) is 48.5 Å². The summed E-state index contributed by atoms with van der Waals surface area (Å²) in [7, 11) is 0. The van der Waals surface area contributed by atoms with E-state index < -0.39 is 6.10 Å². The van der Waals surface area contributed by atoms with Crippen LogP contribution in [0.4, 0.5) is 5.69 Å². The van der Waals surface area contributed by atoms with Gasteiger partial charge in [0.05, 0.1) is 22.9 Å². The van der Waals surface area contributed by atoms with Gasteiger partial charge in [0.25, 0.3) is 11.8 Å². The molecule has 0 heterocycles. The Kier molecular flexibility index (Phi) is 5.18. The van der Waals surface area contributed by atoms with Crippen molar-refractivity contribution in [3.8, 4) is 11.8 Å². The Labute approximate surface area is 151 Å². The summed E-state index contributed by atoms with van der Waals surface area (Å²) < 4.78 is 5.60. The third-order valence-electron chi connectivity index (χ3n) is 4.01. The van der Waals surface area contributed by atoms with Gasteiger partial charge >= 0.3 is 0 Å². The smallest absolute Gasteiger partial charge is 0.265 e. The molecule has 1 fully saturated rings. The third kappa shape index (κ3) is 4.39. The molecule has 1 atom stereocenters. The first-order chi connectivity index (χ1) is 12.6. The second-order valence-corrected chi connectivity index (χ2v) is 6.18. The Hall–Kier alpha value is -3.33. The van der Waals surface area contributed by atoms with E-state index >= 15 is 0 Å². The zero-order chi connectivity index (χ0) is 18.5. The van der Waals surface area contributed by atoms with Crippen LogP contribution in [0.3, 0.4) is 0 Å². The lowest BCUT2D eigenvalue weighted by Gasteiger charge is -2.16. The van der Waals surface area contributed by atoms with E-state index in [-0.39, 0.29) is 17.9 Å². The van der Waals surface area contributed by atoms with Crippen LogP contribution >= 0.6 is 0 Å². The normalized spacial score (nSPS) is 14.0. The van der Waals surface area contributed by atoms with Crippen LogP contribution in [0.5, 0.6) is 5.75 Å². The minimum absolute atomic E-state index is 0.191. The van der Waals surface area contributed by atoms with E-state index in [1.807, 2.05) is 6.07 Å². The number of carbonyl (C=O) groups is 2. The Bertz CT molecular complexity index is 851. The van der Waals surface area contributed by atoms with Crippen LogP contribution in [0.1, 0.15) is 35.7 Å². The van der Waals surface area contributed by atoms with Gasteiger partial charge in [-0.15, -0.1) is 0 Å². The maximum Gasteiger partial charge on any atom is 0.265 e. The first kappa shape index (κ1) is 17.5. The van der Waals surface area contributed by atoms with Crippen molar-refractivity contribution in [1.29, 1.82) is 5.26 Å². The number of rotatable bonds is 6. The molecule has 0 spiro atoms. The number of para-hydroxylation sites is 1. The number of hydrogen-bond donors (Lipinski definition) is 2. The Morgan fingerprint density at radius 3 is 2.50 bits per heavy atom. The number of hydrogen-bond acceptors (Lipinski definition) is 4. The van der Waals surface area contributed by atoms with Crippen molar-refractivity contribution in [1.82, 2.24) is 5.32 Å². The Morgan fingerprint density at radius 1 is 1.15 bits per heavy atom. The van der Waals surface area contributed by atoms with E-state index in [9.17, 15) is 9.59 Å². The van der Waals surface area contributed by atoms with Crippen molar-refractivity contribution in [2.24, 2.45) is 0 Å². The van der Waals surface area contributed by atoms with Crippen LogP contribution in [0, 0.1) is 11.3 Å². The summed E-state index contributed by atoms with van der Waals surface area (Å²) in [5.41, 5.74) is 1.40. The summed E-state index contributed by atoms with van der Waals surface area (Å²) in [5, 5.41) is 14.5. The highest BCUT2D eigenvalue weighted by Crippen LogP contribution is 2.22. The summed E-state index contributed by atoms with van der Waals surface area (Å²) >= 11 is 0. The predicted molar refractivity (Wildman–Crippen MR) is 96.8 cm³/mol. The van der Waals surface area contributed by atoms with Crippen LogP contribution in [-0.2, 0) is 4.79 Å². The van der Waals surface area contributed by atoms with Gasteiger partial charge in [-0.3, -0.25) is 9.59 Å². The lowest BCUT2D eigenvalue weighted by molar-refractivity contribution is -0.122. The molecule has 2 aromatic rings. The SMILES string of the molecule is CC(Oc1ccc(C#N)cc1)C(=O)Nc1ccccc1C(=O)NC1CC1. The molecule has 1 aliphatic carbocycles. The minimum Gasteiger partial charge on any atom is -0.481 e. The fraction of sp³-hybridized carbons (Fsp3) is 0.250. The second kappa shape index (κ2) is 7.70. The fourth-order valence-electron chi connectivity index (χ4n) is 2.38. The van der Waals surface area contributed by atoms with Crippen LogP contribution in [0.25, 0.3) is 0 Å².